The first kappa shape index (κ1) is 20.1. The number of anilines is 1. The Morgan fingerprint density at radius 3 is 2.63 bits per heavy atom. The Labute approximate surface area is 158 Å². The van der Waals surface area contributed by atoms with Crippen molar-refractivity contribution >= 4 is 11.6 Å². The Kier molecular flexibility index (Phi) is 6.42. The summed E-state index contributed by atoms with van der Waals surface area (Å²) in [4.78, 5) is 13.7. The van der Waals surface area contributed by atoms with E-state index in [1.165, 1.54) is 18.4 Å². The lowest BCUT2D eigenvalue weighted by Gasteiger charge is -2.37. The lowest BCUT2D eigenvalue weighted by atomic mass is 9.86. The fourth-order valence-electron chi connectivity index (χ4n) is 4.26. The van der Waals surface area contributed by atoms with Gasteiger partial charge in [-0.05, 0) is 80.9 Å². The molecule has 7 heteroatoms. The SMILES string of the molecule is CCN(CC1CCNCC1)C1CCc2ccc(NC(=O)C(F)(F)F)cc2C1. The van der Waals surface area contributed by atoms with Gasteiger partial charge in [-0.3, -0.25) is 4.79 Å². The number of nitrogens with one attached hydrogen (secondary N) is 2. The minimum Gasteiger partial charge on any atom is -0.318 e. The van der Waals surface area contributed by atoms with Crippen LogP contribution in [0.4, 0.5) is 18.9 Å². The standard InChI is InChI=1S/C20H28F3N3O/c1-2-26(13-14-7-9-24-10-8-14)18-6-4-15-3-5-17(11-16(15)12-18)25-19(27)20(21,22)23/h3,5,11,14,18,24H,2,4,6-10,12-13H2,1H3,(H,25,27). The van der Waals surface area contributed by atoms with Gasteiger partial charge in [-0.25, -0.2) is 0 Å². The van der Waals surface area contributed by atoms with Gasteiger partial charge in [0, 0.05) is 18.3 Å². The molecule has 2 N–H and O–H groups in total. The van der Waals surface area contributed by atoms with E-state index >= 15 is 0 Å². The van der Waals surface area contributed by atoms with Crippen molar-refractivity contribution in [2.45, 2.75) is 51.2 Å². The zero-order valence-corrected chi connectivity index (χ0v) is 15.7. The molecule has 0 spiro atoms. The van der Waals surface area contributed by atoms with Crippen LogP contribution in [0.1, 0.15) is 37.3 Å². The van der Waals surface area contributed by atoms with Crippen LogP contribution in [-0.2, 0) is 17.6 Å². The minimum absolute atomic E-state index is 0.220. The highest BCUT2D eigenvalue weighted by Crippen LogP contribution is 2.29. The van der Waals surface area contributed by atoms with E-state index in [0.717, 1.165) is 51.0 Å². The predicted octanol–water partition coefficient (Wildman–Crippen LogP) is 3.37. The molecule has 1 heterocycles. The van der Waals surface area contributed by atoms with E-state index in [1.807, 2.05) is 11.4 Å². The van der Waals surface area contributed by atoms with Gasteiger partial charge in [0.05, 0.1) is 0 Å². The molecule has 1 fully saturated rings. The third kappa shape index (κ3) is 5.23. The van der Waals surface area contributed by atoms with Crippen molar-refractivity contribution in [3.8, 4) is 0 Å². The summed E-state index contributed by atoms with van der Waals surface area (Å²) in [5.74, 6) is -1.21. The van der Waals surface area contributed by atoms with Gasteiger partial charge < -0.3 is 15.5 Å². The number of aryl methyl sites for hydroxylation is 1. The molecule has 1 unspecified atom stereocenters. The maximum atomic E-state index is 12.5. The van der Waals surface area contributed by atoms with Crippen LogP contribution in [0, 0.1) is 5.92 Å². The van der Waals surface area contributed by atoms with Crippen LogP contribution >= 0.6 is 0 Å². The van der Waals surface area contributed by atoms with Gasteiger partial charge in [-0.2, -0.15) is 13.2 Å². The number of amides is 1. The van der Waals surface area contributed by atoms with Gasteiger partial charge in [-0.15, -0.1) is 0 Å². The highest BCUT2D eigenvalue weighted by molar-refractivity contribution is 5.95. The Morgan fingerprint density at radius 2 is 1.96 bits per heavy atom. The van der Waals surface area contributed by atoms with E-state index in [4.69, 9.17) is 0 Å². The number of carbonyl (C=O) groups is 1. The number of hydrogen-bond acceptors (Lipinski definition) is 3. The third-order valence-corrected chi connectivity index (χ3v) is 5.80. The van der Waals surface area contributed by atoms with Crippen LogP contribution in [-0.4, -0.2) is 49.2 Å². The number of hydrogen-bond donors (Lipinski definition) is 2. The molecule has 1 aliphatic heterocycles. The second kappa shape index (κ2) is 8.61. The number of halogens is 3. The molecule has 0 saturated carbocycles. The molecule has 0 radical (unpaired) electrons. The Balaban J connectivity index is 1.66. The quantitative estimate of drug-likeness (QED) is 0.820. The molecule has 150 valence electrons. The lowest BCUT2D eigenvalue weighted by Crippen LogP contribution is -2.44. The number of rotatable bonds is 5. The van der Waals surface area contributed by atoms with Crippen LogP contribution in [0.25, 0.3) is 0 Å². The zero-order valence-electron chi connectivity index (χ0n) is 15.7. The molecule has 1 aromatic rings. The summed E-state index contributed by atoms with van der Waals surface area (Å²) >= 11 is 0. The first-order valence-electron chi connectivity index (χ1n) is 9.81. The normalized spacial score (nSPS) is 21.1. The Morgan fingerprint density at radius 1 is 1.22 bits per heavy atom. The molecule has 3 rings (SSSR count). The minimum atomic E-state index is -4.87. The van der Waals surface area contributed by atoms with E-state index in [2.05, 4.69) is 17.1 Å². The zero-order chi connectivity index (χ0) is 19.4. The van der Waals surface area contributed by atoms with E-state index in [1.54, 1.807) is 12.1 Å². The topological polar surface area (TPSA) is 44.4 Å². The molecule has 2 aliphatic rings. The molecule has 4 nitrogen and oxygen atoms in total. The number of likely N-dealkylation sites (N-methyl/N-ethyl adjacent to an activating group) is 1. The van der Waals surface area contributed by atoms with Crippen molar-refractivity contribution in [1.29, 1.82) is 0 Å². The molecule has 1 aromatic carbocycles. The average molecular weight is 383 g/mol. The van der Waals surface area contributed by atoms with Gasteiger partial charge in [0.1, 0.15) is 0 Å². The summed E-state index contributed by atoms with van der Waals surface area (Å²) in [6.07, 6.45) is 0.354. The monoisotopic (exact) mass is 383 g/mol. The van der Waals surface area contributed by atoms with Crippen molar-refractivity contribution in [2.24, 2.45) is 5.92 Å². The van der Waals surface area contributed by atoms with Gasteiger partial charge >= 0.3 is 12.1 Å². The van der Waals surface area contributed by atoms with Crippen LogP contribution in [0.15, 0.2) is 18.2 Å². The van der Waals surface area contributed by atoms with Gasteiger partial charge in [0.25, 0.3) is 0 Å². The molecule has 27 heavy (non-hydrogen) atoms. The highest BCUT2D eigenvalue weighted by Gasteiger charge is 2.38. The summed E-state index contributed by atoms with van der Waals surface area (Å²) in [5, 5.41) is 5.37. The van der Waals surface area contributed by atoms with E-state index in [0.29, 0.717) is 12.0 Å². The maximum Gasteiger partial charge on any atom is 0.471 e. The van der Waals surface area contributed by atoms with Crippen molar-refractivity contribution in [1.82, 2.24) is 10.2 Å². The number of nitrogens with zero attached hydrogens (tertiary/aromatic N) is 1. The molecular formula is C20H28F3N3O. The van der Waals surface area contributed by atoms with E-state index < -0.39 is 12.1 Å². The third-order valence-electron chi connectivity index (χ3n) is 5.80. The molecule has 1 atom stereocenters. The van der Waals surface area contributed by atoms with Crippen molar-refractivity contribution in [2.75, 3.05) is 31.5 Å². The maximum absolute atomic E-state index is 12.5. The molecular weight excluding hydrogens is 355 g/mol. The van der Waals surface area contributed by atoms with Gasteiger partial charge in [0.15, 0.2) is 0 Å². The van der Waals surface area contributed by atoms with Gasteiger partial charge in [0.2, 0.25) is 0 Å². The van der Waals surface area contributed by atoms with E-state index in [9.17, 15) is 18.0 Å². The Hall–Kier alpha value is -1.60. The van der Waals surface area contributed by atoms with Crippen LogP contribution in [0.2, 0.25) is 0 Å². The van der Waals surface area contributed by atoms with Crippen LogP contribution in [0.3, 0.4) is 0 Å². The number of fused-ring (bicyclic) bond motifs is 1. The number of carbonyl (C=O) groups excluding carboxylic acids is 1. The number of benzene rings is 1. The summed E-state index contributed by atoms with van der Waals surface area (Å²) in [5.41, 5.74) is 2.45. The summed E-state index contributed by atoms with van der Waals surface area (Å²) in [6, 6.07) is 5.53. The average Bonchev–Trinajstić information content (AvgIpc) is 2.65. The highest BCUT2D eigenvalue weighted by atomic mass is 19.4. The van der Waals surface area contributed by atoms with Crippen LogP contribution in [0.5, 0.6) is 0 Å². The van der Waals surface area contributed by atoms with E-state index in [-0.39, 0.29) is 5.69 Å². The first-order valence-corrected chi connectivity index (χ1v) is 9.81. The number of alkyl halides is 3. The molecule has 1 aliphatic carbocycles. The summed E-state index contributed by atoms with van der Waals surface area (Å²) in [7, 11) is 0. The lowest BCUT2D eigenvalue weighted by molar-refractivity contribution is -0.167. The molecule has 0 bridgehead atoms. The van der Waals surface area contributed by atoms with Crippen molar-refractivity contribution in [3.63, 3.8) is 0 Å². The summed E-state index contributed by atoms with van der Waals surface area (Å²) < 4.78 is 37.5. The number of piperidine rings is 1. The molecule has 0 aromatic heterocycles. The Bertz CT molecular complexity index is 656. The predicted molar refractivity (Wildman–Crippen MR) is 99.8 cm³/mol. The molecule has 1 amide bonds. The van der Waals surface area contributed by atoms with Gasteiger partial charge in [-0.1, -0.05) is 13.0 Å². The second-order valence-corrected chi connectivity index (χ2v) is 7.61. The summed E-state index contributed by atoms with van der Waals surface area (Å²) in [6.45, 7) is 6.41. The fraction of sp³-hybridized carbons (Fsp3) is 0.650. The van der Waals surface area contributed by atoms with Crippen molar-refractivity contribution in [3.05, 3.63) is 29.3 Å². The fourth-order valence-corrected chi connectivity index (χ4v) is 4.26. The van der Waals surface area contributed by atoms with Crippen molar-refractivity contribution < 1.29 is 18.0 Å². The second-order valence-electron chi connectivity index (χ2n) is 7.61. The smallest absolute Gasteiger partial charge is 0.318 e. The molecule has 1 saturated heterocycles. The largest absolute Gasteiger partial charge is 0.471 e. The van der Waals surface area contributed by atoms with Crippen LogP contribution < -0.4 is 10.6 Å². The first-order chi connectivity index (χ1) is 12.9.